The second-order valence-electron chi connectivity index (χ2n) is 6.31. The molecule has 7 nitrogen and oxygen atoms in total. The molecule has 0 spiro atoms. The molecule has 4 atom stereocenters. The van der Waals surface area contributed by atoms with Gasteiger partial charge in [0.2, 0.25) is 5.91 Å². The molecule has 140 valence electrons. The van der Waals surface area contributed by atoms with Crippen LogP contribution in [0.4, 0.5) is 0 Å². The number of ether oxygens (including phenoxy) is 3. The number of hydrogen-bond acceptors (Lipinski definition) is 6. The van der Waals surface area contributed by atoms with Crippen LogP contribution in [0.1, 0.15) is 32.1 Å². The molecule has 0 radical (unpaired) electrons. The molecule has 2 fully saturated rings. The highest BCUT2D eigenvalue weighted by atomic mass is 16.5. The second-order valence-corrected chi connectivity index (χ2v) is 6.31. The highest BCUT2D eigenvalue weighted by molar-refractivity contribution is 6.01. The fraction of sp³-hybridized carbons (Fsp3) is 0.526. The van der Waals surface area contributed by atoms with E-state index in [-0.39, 0.29) is 38.2 Å². The van der Waals surface area contributed by atoms with Gasteiger partial charge in [-0.2, -0.15) is 0 Å². The van der Waals surface area contributed by atoms with E-state index in [9.17, 15) is 14.4 Å². The molecular weight excluding hydrogens is 338 g/mol. The van der Waals surface area contributed by atoms with E-state index in [0.717, 1.165) is 5.56 Å². The van der Waals surface area contributed by atoms with Crippen molar-refractivity contribution in [3.8, 4) is 0 Å². The Morgan fingerprint density at radius 1 is 1.15 bits per heavy atom. The SMILES string of the molecule is CCOC(=O)C[C@H]1[C@H](C(=O)OCC)C(=O)N2[C@@H](c3ccccc3)OC[C@H]12. The monoisotopic (exact) mass is 361 g/mol. The molecule has 1 amide bonds. The van der Waals surface area contributed by atoms with Gasteiger partial charge in [-0.3, -0.25) is 14.4 Å². The number of amides is 1. The lowest BCUT2D eigenvalue weighted by molar-refractivity contribution is -0.156. The van der Waals surface area contributed by atoms with E-state index in [4.69, 9.17) is 14.2 Å². The maximum atomic E-state index is 13.0. The zero-order valence-corrected chi connectivity index (χ0v) is 14.9. The van der Waals surface area contributed by atoms with Gasteiger partial charge in [0.1, 0.15) is 5.92 Å². The van der Waals surface area contributed by atoms with E-state index in [1.165, 1.54) is 0 Å². The maximum Gasteiger partial charge on any atom is 0.318 e. The van der Waals surface area contributed by atoms with Gasteiger partial charge in [-0.1, -0.05) is 30.3 Å². The van der Waals surface area contributed by atoms with E-state index in [1.54, 1.807) is 18.7 Å². The van der Waals surface area contributed by atoms with Crippen molar-refractivity contribution < 1.29 is 28.6 Å². The highest BCUT2D eigenvalue weighted by Gasteiger charge is 2.58. The zero-order chi connectivity index (χ0) is 18.7. The second kappa shape index (κ2) is 7.86. The van der Waals surface area contributed by atoms with Crippen molar-refractivity contribution in [2.45, 2.75) is 32.5 Å². The van der Waals surface area contributed by atoms with Crippen LogP contribution in [-0.4, -0.2) is 48.6 Å². The normalized spacial score (nSPS) is 27.3. The molecule has 0 saturated carbocycles. The summed E-state index contributed by atoms with van der Waals surface area (Å²) in [4.78, 5) is 39.1. The molecule has 26 heavy (non-hydrogen) atoms. The van der Waals surface area contributed by atoms with Gasteiger partial charge in [-0.05, 0) is 13.8 Å². The standard InChI is InChI=1S/C19H23NO6/c1-3-24-15(21)10-13-14-11-26-18(12-8-6-5-7-9-12)20(14)17(22)16(13)19(23)25-4-2/h5-9,13-14,16,18H,3-4,10-11H2,1-2H3/t13-,14-,16+,18-/m1/s1. The van der Waals surface area contributed by atoms with Crippen LogP contribution in [0, 0.1) is 11.8 Å². The Kier molecular flexibility index (Phi) is 5.56. The Morgan fingerprint density at radius 2 is 1.85 bits per heavy atom. The average molecular weight is 361 g/mol. The van der Waals surface area contributed by atoms with Crippen molar-refractivity contribution in [2.75, 3.05) is 19.8 Å². The molecule has 2 aliphatic heterocycles. The largest absolute Gasteiger partial charge is 0.466 e. The first-order valence-corrected chi connectivity index (χ1v) is 8.89. The highest BCUT2D eigenvalue weighted by Crippen LogP contribution is 2.44. The third-order valence-corrected chi connectivity index (χ3v) is 4.81. The molecule has 3 rings (SSSR count). The van der Waals surface area contributed by atoms with E-state index >= 15 is 0 Å². The quantitative estimate of drug-likeness (QED) is 0.566. The third kappa shape index (κ3) is 3.31. The van der Waals surface area contributed by atoms with Crippen molar-refractivity contribution in [1.82, 2.24) is 4.90 Å². The number of carbonyl (C=O) groups is 3. The van der Waals surface area contributed by atoms with Crippen LogP contribution in [0.2, 0.25) is 0 Å². The molecule has 1 aromatic rings. The van der Waals surface area contributed by atoms with Gasteiger partial charge in [0.25, 0.3) is 0 Å². The molecule has 0 aromatic heterocycles. The molecule has 0 unspecified atom stereocenters. The lowest BCUT2D eigenvalue weighted by Crippen LogP contribution is -2.34. The summed E-state index contributed by atoms with van der Waals surface area (Å²) in [5.41, 5.74) is 0.836. The zero-order valence-electron chi connectivity index (χ0n) is 14.9. The first-order valence-electron chi connectivity index (χ1n) is 8.89. The smallest absolute Gasteiger partial charge is 0.318 e. The van der Waals surface area contributed by atoms with Crippen LogP contribution in [0.25, 0.3) is 0 Å². The first kappa shape index (κ1) is 18.4. The summed E-state index contributed by atoms with van der Waals surface area (Å²) in [7, 11) is 0. The van der Waals surface area contributed by atoms with Crippen molar-refractivity contribution in [2.24, 2.45) is 11.8 Å². The summed E-state index contributed by atoms with van der Waals surface area (Å²) in [5.74, 6) is -2.89. The maximum absolute atomic E-state index is 13.0. The van der Waals surface area contributed by atoms with Gasteiger partial charge in [0.15, 0.2) is 6.23 Å². The molecule has 0 aliphatic carbocycles. The fourth-order valence-electron chi connectivity index (χ4n) is 3.75. The Hall–Kier alpha value is -2.41. The lowest BCUT2D eigenvalue weighted by atomic mass is 9.87. The first-order chi connectivity index (χ1) is 12.6. The number of carbonyl (C=O) groups excluding carboxylic acids is 3. The van der Waals surface area contributed by atoms with Gasteiger partial charge >= 0.3 is 11.9 Å². The minimum absolute atomic E-state index is 0.0188. The van der Waals surface area contributed by atoms with Gasteiger partial charge in [0, 0.05) is 11.5 Å². The van der Waals surface area contributed by atoms with Crippen LogP contribution >= 0.6 is 0 Å². The van der Waals surface area contributed by atoms with Gasteiger partial charge in [0.05, 0.1) is 32.3 Å². The van der Waals surface area contributed by atoms with Crippen molar-refractivity contribution in [3.05, 3.63) is 35.9 Å². The Labute approximate surface area is 152 Å². The predicted molar refractivity (Wildman–Crippen MR) is 90.6 cm³/mol. The third-order valence-electron chi connectivity index (χ3n) is 4.81. The van der Waals surface area contributed by atoms with Gasteiger partial charge in [-0.15, -0.1) is 0 Å². The summed E-state index contributed by atoms with van der Waals surface area (Å²) in [6.45, 7) is 4.11. The summed E-state index contributed by atoms with van der Waals surface area (Å²) in [6, 6.07) is 9.01. The molecule has 0 bridgehead atoms. The molecule has 2 aliphatic rings. The minimum Gasteiger partial charge on any atom is -0.466 e. The number of esters is 2. The van der Waals surface area contributed by atoms with E-state index in [0.29, 0.717) is 0 Å². The molecule has 0 N–H and O–H groups in total. The lowest BCUT2D eigenvalue weighted by Gasteiger charge is -2.23. The Balaban J connectivity index is 1.89. The minimum atomic E-state index is -1.00. The molecule has 2 saturated heterocycles. The number of rotatable bonds is 6. The summed E-state index contributed by atoms with van der Waals surface area (Å²) < 4.78 is 16.0. The topological polar surface area (TPSA) is 82.1 Å². The number of benzene rings is 1. The van der Waals surface area contributed by atoms with Gasteiger partial charge < -0.3 is 19.1 Å². The number of hydrogen-bond donors (Lipinski definition) is 0. The van der Waals surface area contributed by atoms with E-state index in [1.807, 2.05) is 30.3 Å². The van der Waals surface area contributed by atoms with Crippen molar-refractivity contribution >= 4 is 17.8 Å². The fourth-order valence-corrected chi connectivity index (χ4v) is 3.75. The van der Waals surface area contributed by atoms with Gasteiger partial charge in [-0.25, -0.2) is 0 Å². The van der Waals surface area contributed by atoms with Crippen LogP contribution < -0.4 is 0 Å². The molecule has 7 heteroatoms. The molecule has 1 aromatic carbocycles. The van der Waals surface area contributed by atoms with Crippen LogP contribution in [0.3, 0.4) is 0 Å². The molecular formula is C19H23NO6. The molecule has 2 heterocycles. The number of fused-ring (bicyclic) bond motifs is 1. The summed E-state index contributed by atoms with van der Waals surface area (Å²) >= 11 is 0. The Morgan fingerprint density at radius 3 is 2.50 bits per heavy atom. The van der Waals surface area contributed by atoms with E-state index < -0.39 is 30.0 Å². The van der Waals surface area contributed by atoms with Crippen molar-refractivity contribution in [3.63, 3.8) is 0 Å². The van der Waals surface area contributed by atoms with Crippen LogP contribution in [0.15, 0.2) is 30.3 Å². The van der Waals surface area contributed by atoms with Crippen LogP contribution in [-0.2, 0) is 28.6 Å². The predicted octanol–water partition coefficient (Wildman–Crippen LogP) is 1.67. The average Bonchev–Trinajstić information content (AvgIpc) is 3.17. The number of nitrogens with zero attached hydrogens (tertiary/aromatic N) is 1. The Bertz CT molecular complexity index is 676. The van der Waals surface area contributed by atoms with Crippen LogP contribution in [0.5, 0.6) is 0 Å². The van der Waals surface area contributed by atoms with Crippen molar-refractivity contribution in [1.29, 1.82) is 0 Å². The van der Waals surface area contributed by atoms with E-state index in [2.05, 4.69) is 0 Å². The summed E-state index contributed by atoms with van der Waals surface area (Å²) in [6.07, 6.45) is -0.576. The summed E-state index contributed by atoms with van der Waals surface area (Å²) in [5, 5.41) is 0.